The molecule has 1 spiro atoms. The first-order chi connectivity index (χ1) is 9.93. The molecule has 0 radical (unpaired) electrons. The lowest BCUT2D eigenvalue weighted by molar-refractivity contribution is -0.155. The molecule has 0 saturated heterocycles. The van der Waals surface area contributed by atoms with Crippen LogP contribution in [0, 0.1) is 39.9 Å². The van der Waals surface area contributed by atoms with Crippen molar-refractivity contribution in [1.29, 1.82) is 0 Å². The summed E-state index contributed by atoms with van der Waals surface area (Å²) in [5.41, 5.74) is 0.845. The molecule has 0 heterocycles. The van der Waals surface area contributed by atoms with Crippen molar-refractivity contribution >= 4 is 0 Å². The van der Waals surface area contributed by atoms with Crippen LogP contribution in [0.4, 0.5) is 0 Å². The Balaban J connectivity index is 1.55. The van der Waals surface area contributed by atoms with E-state index < -0.39 is 0 Å². The quantitative estimate of drug-likeness (QED) is 0.718. The van der Waals surface area contributed by atoms with Crippen molar-refractivity contribution in [3.05, 3.63) is 0 Å². The fourth-order valence-corrected chi connectivity index (χ4v) is 8.28. The zero-order valence-corrected chi connectivity index (χ0v) is 13.5. The summed E-state index contributed by atoms with van der Waals surface area (Å²) in [4.78, 5) is 0. The average Bonchev–Trinajstić information content (AvgIpc) is 3.01. The highest BCUT2D eigenvalue weighted by molar-refractivity contribution is 5.25. The zero-order valence-electron chi connectivity index (χ0n) is 13.5. The van der Waals surface area contributed by atoms with Gasteiger partial charge in [0.25, 0.3) is 0 Å². The molecule has 5 aliphatic carbocycles. The van der Waals surface area contributed by atoms with Crippen molar-refractivity contribution in [1.82, 2.24) is 0 Å². The number of rotatable bonds is 0. The van der Waals surface area contributed by atoms with Gasteiger partial charge in [-0.3, -0.25) is 0 Å². The SMILES string of the molecule is C[C@]12CC[C@@H]3[C@H](C[C@H](O)[C@]45C[C@@H]4CC[C@]35C)[C@H]1CC[C@@H]2O. The average molecular weight is 290 g/mol. The predicted octanol–water partition coefficient (Wildman–Crippen LogP) is 3.36. The molecule has 2 N–H and O–H groups in total. The zero-order chi connectivity index (χ0) is 14.6. The predicted molar refractivity (Wildman–Crippen MR) is 81.6 cm³/mol. The molecule has 0 aromatic heterocycles. The van der Waals surface area contributed by atoms with Crippen LogP contribution in [0.2, 0.25) is 0 Å². The number of hydrogen-bond donors (Lipinski definition) is 2. The molecule has 5 saturated carbocycles. The summed E-state index contributed by atoms with van der Waals surface area (Å²) >= 11 is 0. The minimum atomic E-state index is -0.0958. The molecule has 118 valence electrons. The van der Waals surface area contributed by atoms with Crippen LogP contribution < -0.4 is 0 Å². The Bertz CT molecular complexity index is 490. The van der Waals surface area contributed by atoms with Crippen molar-refractivity contribution in [3.8, 4) is 0 Å². The second-order valence-corrected chi connectivity index (χ2v) is 9.66. The van der Waals surface area contributed by atoms with E-state index in [2.05, 4.69) is 13.8 Å². The molecule has 21 heavy (non-hydrogen) atoms. The largest absolute Gasteiger partial charge is 0.393 e. The third-order valence-electron chi connectivity index (χ3n) is 9.52. The first kappa shape index (κ1) is 13.4. The van der Waals surface area contributed by atoms with E-state index in [1.165, 1.54) is 38.5 Å². The summed E-state index contributed by atoms with van der Waals surface area (Å²) in [5, 5.41) is 21.5. The van der Waals surface area contributed by atoms with Crippen LogP contribution in [0.3, 0.4) is 0 Å². The highest BCUT2D eigenvalue weighted by atomic mass is 16.3. The van der Waals surface area contributed by atoms with E-state index in [1.807, 2.05) is 0 Å². The van der Waals surface area contributed by atoms with Crippen molar-refractivity contribution in [2.24, 2.45) is 39.9 Å². The monoisotopic (exact) mass is 290 g/mol. The molecular weight excluding hydrogens is 260 g/mol. The van der Waals surface area contributed by atoms with Gasteiger partial charge in [0.1, 0.15) is 0 Å². The molecule has 0 unspecified atom stereocenters. The van der Waals surface area contributed by atoms with Crippen molar-refractivity contribution < 1.29 is 10.2 Å². The normalized spacial score (nSPS) is 68.0. The van der Waals surface area contributed by atoms with E-state index in [1.54, 1.807) is 0 Å². The molecule has 0 aromatic carbocycles. The van der Waals surface area contributed by atoms with Gasteiger partial charge in [-0.2, -0.15) is 0 Å². The molecule has 0 aromatic rings. The highest BCUT2D eigenvalue weighted by Crippen LogP contribution is 2.81. The number of hydrogen-bond acceptors (Lipinski definition) is 2. The third-order valence-corrected chi connectivity index (χ3v) is 9.52. The Hall–Kier alpha value is -0.0800. The lowest BCUT2D eigenvalue weighted by atomic mass is 9.46. The van der Waals surface area contributed by atoms with E-state index in [9.17, 15) is 10.2 Å². The second kappa shape index (κ2) is 3.70. The third kappa shape index (κ3) is 1.27. The lowest BCUT2D eigenvalue weighted by Gasteiger charge is -2.59. The first-order valence-electron chi connectivity index (χ1n) is 9.29. The molecule has 9 atom stereocenters. The molecule has 5 fully saturated rings. The van der Waals surface area contributed by atoms with Gasteiger partial charge in [-0.05, 0) is 85.9 Å². The van der Waals surface area contributed by atoms with Crippen molar-refractivity contribution in [3.63, 3.8) is 0 Å². The first-order valence-corrected chi connectivity index (χ1v) is 9.29. The number of aliphatic hydroxyl groups is 2. The Morgan fingerprint density at radius 1 is 0.857 bits per heavy atom. The van der Waals surface area contributed by atoms with Gasteiger partial charge in [0.15, 0.2) is 0 Å². The van der Waals surface area contributed by atoms with Gasteiger partial charge in [0, 0.05) is 5.41 Å². The van der Waals surface area contributed by atoms with Gasteiger partial charge < -0.3 is 10.2 Å². The van der Waals surface area contributed by atoms with E-state index in [4.69, 9.17) is 0 Å². The molecule has 0 bridgehead atoms. The van der Waals surface area contributed by atoms with Gasteiger partial charge in [0.2, 0.25) is 0 Å². The maximum absolute atomic E-state index is 11.0. The molecule has 2 heteroatoms. The van der Waals surface area contributed by atoms with E-state index >= 15 is 0 Å². The van der Waals surface area contributed by atoms with Gasteiger partial charge in [0.05, 0.1) is 12.2 Å². The van der Waals surface area contributed by atoms with Crippen LogP contribution in [0.15, 0.2) is 0 Å². The van der Waals surface area contributed by atoms with Crippen molar-refractivity contribution in [2.45, 2.75) is 77.4 Å². The van der Waals surface area contributed by atoms with E-state index in [-0.39, 0.29) is 17.6 Å². The van der Waals surface area contributed by atoms with Gasteiger partial charge in [-0.1, -0.05) is 13.8 Å². The summed E-state index contributed by atoms with van der Waals surface area (Å²) in [7, 11) is 0. The van der Waals surface area contributed by atoms with Gasteiger partial charge in [-0.15, -0.1) is 0 Å². The number of fused-ring (bicyclic) bond motifs is 4. The Labute approximate surface area is 128 Å². The summed E-state index contributed by atoms with van der Waals surface area (Å²) < 4.78 is 0. The second-order valence-electron chi connectivity index (χ2n) is 9.66. The highest BCUT2D eigenvalue weighted by Gasteiger charge is 2.77. The van der Waals surface area contributed by atoms with E-state index in [0.29, 0.717) is 22.7 Å². The van der Waals surface area contributed by atoms with Crippen LogP contribution in [0.5, 0.6) is 0 Å². The van der Waals surface area contributed by atoms with Gasteiger partial charge >= 0.3 is 0 Å². The molecule has 2 nitrogen and oxygen atoms in total. The van der Waals surface area contributed by atoms with E-state index in [0.717, 1.165) is 24.7 Å². The smallest absolute Gasteiger partial charge is 0.0607 e. The Morgan fingerprint density at radius 3 is 2.43 bits per heavy atom. The summed E-state index contributed by atoms with van der Waals surface area (Å²) in [5.74, 6) is 2.98. The standard InChI is InChI=1S/C19H30O2/c1-17-7-6-14-12(13(17)3-4-15(17)20)9-16(21)19-10-11(19)5-8-18(14,19)2/h11-16,20-21H,3-10H2,1-2H3/t11-,12+,13+,14+,15-,16-,17-,18+,19-/m0/s1. The number of aliphatic hydroxyl groups excluding tert-OH is 2. The minimum Gasteiger partial charge on any atom is -0.393 e. The molecule has 5 aliphatic rings. The summed E-state index contributed by atoms with van der Waals surface area (Å²) in [6, 6.07) is 0. The minimum absolute atomic E-state index is 0.0589. The molecule has 0 aliphatic heterocycles. The van der Waals surface area contributed by atoms with Crippen LogP contribution in [-0.2, 0) is 0 Å². The van der Waals surface area contributed by atoms with Crippen LogP contribution in [0.1, 0.15) is 65.2 Å². The van der Waals surface area contributed by atoms with Crippen LogP contribution in [0.25, 0.3) is 0 Å². The molecule has 5 rings (SSSR count). The maximum atomic E-state index is 11.0. The maximum Gasteiger partial charge on any atom is 0.0607 e. The summed E-state index contributed by atoms with van der Waals surface area (Å²) in [6.45, 7) is 4.85. The molecule has 0 amide bonds. The van der Waals surface area contributed by atoms with Crippen LogP contribution >= 0.6 is 0 Å². The van der Waals surface area contributed by atoms with Gasteiger partial charge in [-0.25, -0.2) is 0 Å². The molecular formula is C19H30O2. The fraction of sp³-hybridized carbons (Fsp3) is 1.00. The summed E-state index contributed by atoms with van der Waals surface area (Å²) in [6.07, 6.45) is 9.59. The van der Waals surface area contributed by atoms with Crippen LogP contribution in [-0.4, -0.2) is 22.4 Å². The topological polar surface area (TPSA) is 40.5 Å². The Kier molecular flexibility index (Phi) is 2.35. The Morgan fingerprint density at radius 2 is 1.67 bits per heavy atom. The van der Waals surface area contributed by atoms with Crippen molar-refractivity contribution in [2.75, 3.05) is 0 Å². The lowest BCUT2D eigenvalue weighted by Crippen LogP contribution is -2.56. The fourth-order valence-electron chi connectivity index (χ4n) is 8.28.